The average Bonchev–Trinajstić information content (AvgIpc) is 2.54. The molecule has 25 heavy (non-hydrogen) atoms. The van der Waals surface area contributed by atoms with E-state index in [1.54, 1.807) is 19.1 Å². The van der Waals surface area contributed by atoms with Crippen LogP contribution in [0.5, 0.6) is 5.75 Å². The van der Waals surface area contributed by atoms with Crippen LogP contribution in [0.15, 0.2) is 47.4 Å². The van der Waals surface area contributed by atoms with Gasteiger partial charge >= 0.3 is 6.18 Å². The molecule has 2 aromatic carbocycles. The summed E-state index contributed by atoms with van der Waals surface area (Å²) in [5, 5.41) is -0.0874. The van der Waals surface area contributed by atoms with Crippen molar-refractivity contribution in [2.45, 2.75) is 24.1 Å². The Labute approximate surface area is 147 Å². The Bertz CT molecular complexity index is 898. The van der Waals surface area contributed by atoms with E-state index in [1.807, 2.05) is 0 Å². The van der Waals surface area contributed by atoms with Crippen molar-refractivity contribution in [3.63, 3.8) is 0 Å². The second-order valence-corrected chi connectivity index (χ2v) is 7.85. The molecular weight excluding hydrogens is 379 g/mol. The minimum absolute atomic E-state index is 0.0198. The van der Waals surface area contributed by atoms with Crippen molar-refractivity contribution in [3.8, 4) is 5.75 Å². The van der Waals surface area contributed by atoms with E-state index in [0.717, 1.165) is 5.56 Å². The lowest BCUT2D eigenvalue weighted by molar-refractivity contribution is -0.192. The Kier molecular flexibility index (Phi) is 4.36. The minimum atomic E-state index is -4.74. The molecule has 2 aromatic rings. The largest absolute Gasteiger partial charge is 0.475 e. The molecule has 0 saturated heterocycles. The number of sulfonamides is 1. The number of alkyl halides is 3. The Morgan fingerprint density at radius 3 is 2.40 bits per heavy atom. The third-order valence-electron chi connectivity index (χ3n) is 3.78. The standard InChI is InChI=1S/C16H13ClF3NO3S/c1-10-5-7-11(8-6-10)25(22,23)21-9-14(16(18,19)20)24-15-12(17)3-2-4-13(15)21/h2-8,14H,9H2,1H3. The molecule has 1 atom stereocenters. The summed E-state index contributed by atoms with van der Waals surface area (Å²) < 4.78 is 71.0. The third kappa shape index (κ3) is 3.28. The Morgan fingerprint density at radius 2 is 1.80 bits per heavy atom. The van der Waals surface area contributed by atoms with Crippen LogP contribution in [-0.2, 0) is 10.0 Å². The summed E-state index contributed by atoms with van der Waals surface area (Å²) in [7, 11) is -4.21. The SMILES string of the molecule is Cc1ccc(S(=O)(=O)N2CC(C(F)(F)F)Oc3c(Cl)cccc32)cc1. The smallest absolute Gasteiger partial charge is 0.427 e. The predicted octanol–water partition coefficient (Wildman–Crippen LogP) is 4.17. The zero-order valence-electron chi connectivity index (χ0n) is 12.9. The van der Waals surface area contributed by atoms with Crippen LogP contribution in [0.2, 0.25) is 5.02 Å². The molecule has 0 aromatic heterocycles. The second-order valence-electron chi connectivity index (χ2n) is 5.59. The van der Waals surface area contributed by atoms with E-state index < -0.39 is 28.8 Å². The fourth-order valence-corrected chi connectivity index (χ4v) is 4.16. The number of fused-ring (bicyclic) bond motifs is 1. The van der Waals surface area contributed by atoms with E-state index in [-0.39, 0.29) is 21.4 Å². The number of rotatable bonds is 2. The highest BCUT2D eigenvalue weighted by molar-refractivity contribution is 7.92. The van der Waals surface area contributed by atoms with Crippen LogP contribution in [-0.4, -0.2) is 27.2 Å². The van der Waals surface area contributed by atoms with Crippen LogP contribution in [0.25, 0.3) is 0 Å². The molecule has 1 aliphatic heterocycles. The van der Waals surface area contributed by atoms with Crippen LogP contribution in [0, 0.1) is 6.92 Å². The van der Waals surface area contributed by atoms with Crippen molar-refractivity contribution in [2.24, 2.45) is 0 Å². The van der Waals surface area contributed by atoms with Crippen LogP contribution >= 0.6 is 11.6 Å². The van der Waals surface area contributed by atoms with Gasteiger partial charge in [0.2, 0.25) is 6.10 Å². The predicted molar refractivity (Wildman–Crippen MR) is 87.6 cm³/mol. The first-order valence-corrected chi connectivity index (χ1v) is 9.04. The molecular formula is C16H13ClF3NO3S. The molecule has 0 N–H and O–H groups in total. The molecule has 1 unspecified atom stereocenters. The van der Waals surface area contributed by atoms with E-state index in [1.165, 1.54) is 30.3 Å². The molecule has 0 radical (unpaired) electrons. The highest BCUT2D eigenvalue weighted by Crippen LogP contribution is 2.44. The molecule has 3 rings (SSSR count). The van der Waals surface area contributed by atoms with Gasteiger partial charge in [-0.3, -0.25) is 4.31 Å². The van der Waals surface area contributed by atoms with Crippen molar-refractivity contribution in [1.82, 2.24) is 0 Å². The van der Waals surface area contributed by atoms with Crippen molar-refractivity contribution in [1.29, 1.82) is 0 Å². The summed E-state index contributed by atoms with van der Waals surface area (Å²) in [5.74, 6) is -0.298. The monoisotopic (exact) mass is 391 g/mol. The van der Waals surface area contributed by atoms with Gasteiger partial charge in [0.25, 0.3) is 10.0 Å². The van der Waals surface area contributed by atoms with Gasteiger partial charge in [-0.25, -0.2) is 8.42 Å². The average molecular weight is 392 g/mol. The molecule has 0 fully saturated rings. The Balaban J connectivity index is 2.14. The van der Waals surface area contributed by atoms with Gasteiger partial charge in [0.1, 0.15) is 0 Å². The van der Waals surface area contributed by atoms with Gasteiger partial charge in [0.15, 0.2) is 5.75 Å². The van der Waals surface area contributed by atoms with E-state index in [9.17, 15) is 21.6 Å². The van der Waals surface area contributed by atoms with Gasteiger partial charge in [0, 0.05) is 0 Å². The maximum Gasteiger partial charge on any atom is 0.427 e. The van der Waals surface area contributed by atoms with Crippen molar-refractivity contribution in [2.75, 3.05) is 10.8 Å². The summed E-state index contributed by atoms with van der Waals surface area (Å²) in [6, 6.07) is 10.0. The molecule has 0 saturated carbocycles. The van der Waals surface area contributed by atoms with Gasteiger partial charge in [-0.2, -0.15) is 13.2 Å². The fourth-order valence-electron chi connectivity index (χ4n) is 2.47. The number of nitrogens with zero attached hydrogens (tertiary/aromatic N) is 1. The third-order valence-corrected chi connectivity index (χ3v) is 5.87. The van der Waals surface area contributed by atoms with Gasteiger partial charge in [0.05, 0.1) is 22.2 Å². The first-order chi connectivity index (χ1) is 11.6. The quantitative estimate of drug-likeness (QED) is 0.772. The Hall–Kier alpha value is -1.93. The van der Waals surface area contributed by atoms with E-state index in [0.29, 0.717) is 4.31 Å². The lowest BCUT2D eigenvalue weighted by atomic mass is 10.2. The molecule has 1 aliphatic rings. The first kappa shape index (κ1) is 17.9. The van der Waals surface area contributed by atoms with Crippen molar-refractivity contribution in [3.05, 3.63) is 53.1 Å². The summed E-state index contributed by atoms with van der Waals surface area (Å²) in [4.78, 5) is -0.105. The molecule has 0 amide bonds. The summed E-state index contributed by atoms with van der Waals surface area (Å²) in [6.07, 6.45) is -7.04. The number of ether oxygens (including phenoxy) is 1. The first-order valence-electron chi connectivity index (χ1n) is 7.22. The van der Waals surface area contributed by atoms with Crippen LogP contribution in [0.1, 0.15) is 5.56 Å². The number of para-hydroxylation sites is 1. The molecule has 4 nitrogen and oxygen atoms in total. The Morgan fingerprint density at radius 1 is 1.16 bits per heavy atom. The maximum atomic E-state index is 13.2. The number of anilines is 1. The molecule has 1 heterocycles. The van der Waals surface area contributed by atoms with Gasteiger partial charge < -0.3 is 4.74 Å². The molecule has 0 bridgehead atoms. The van der Waals surface area contributed by atoms with Gasteiger partial charge in [-0.05, 0) is 31.2 Å². The number of hydrogen-bond acceptors (Lipinski definition) is 3. The van der Waals surface area contributed by atoms with Crippen molar-refractivity contribution >= 4 is 27.3 Å². The molecule has 134 valence electrons. The fraction of sp³-hybridized carbons (Fsp3) is 0.250. The zero-order valence-corrected chi connectivity index (χ0v) is 14.5. The summed E-state index contributed by atoms with van der Waals surface area (Å²) in [5.41, 5.74) is 0.811. The second kappa shape index (κ2) is 6.10. The van der Waals surface area contributed by atoms with Gasteiger partial charge in [-0.15, -0.1) is 0 Å². The number of benzene rings is 2. The zero-order chi connectivity index (χ0) is 18.4. The van der Waals surface area contributed by atoms with Crippen LogP contribution in [0.4, 0.5) is 18.9 Å². The van der Waals surface area contributed by atoms with E-state index >= 15 is 0 Å². The molecule has 9 heteroatoms. The van der Waals surface area contributed by atoms with Crippen LogP contribution in [0.3, 0.4) is 0 Å². The van der Waals surface area contributed by atoms with E-state index in [4.69, 9.17) is 16.3 Å². The maximum absolute atomic E-state index is 13.2. The normalized spacial score (nSPS) is 17.8. The highest BCUT2D eigenvalue weighted by atomic mass is 35.5. The highest BCUT2D eigenvalue weighted by Gasteiger charge is 2.48. The lowest BCUT2D eigenvalue weighted by Crippen LogP contribution is -2.50. The van der Waals surface area contributed by atoms with Crippen LogP contribution < -0.4 is 9.04 Å². The minimum Gasteiger partial charge on any atom is -0.475 e. The van der Waals surface area contributed by atoms with Crippen molar-refractivity contribution < 1.29 is 26.3 Å². The molecule has 0 aliphatic carbocycles. The molecule has 0 spiro atoms. The summed E-state index contributed by atoms with van der Waals surface area (Å²) >= 11 is 5.93. The topological polar surface area (TPSA) is 46.6 Å². The van der Waals surface area contributed by atoms with Gasteiger partial charge in [-0.1, -0.05) is 35.4 Å². The van der Waals surface area contributed by atoms with E-state index in [2.05, 4.69) is 0 Å². The number of halogens is 4. The lowest BCUT2D eigenvalue weighted by Gasteiger charge is -2.36. The number of hydrogen-bond donors (Lipinski definition) is 0. The number of aryl methyl sites for hydroxylation is 1. The summed E-state index contributed by atoms with van der Waals surface area (Å²) in [6.45, 7) is 0.896.